The van der Waals surface area contributed by atoms with Gasteiger partial charge in [-0.25, -0.2) is 0 Å². The monoisotopic (exact) mass is 283 g/mol. The van der Waals surface area contributed by atoms with Gasteiger partial charge in [0.15, 0.2) is 0 Å². The lowest BCUT2D eigenvalue weighted by atomic mass is 9.93. The molecule has 1 heterocycles. The summed E-state index contributed by atoms with van der Waals surface area (Å²) in [5.74, 6) is 0. The maximum atomic E-state index is 5.91. The van der Waals surface area contributed by atoms with Crippen LogP contribution in [0.1, 0.15) is 51.9 Å². The first kappa shape index (κ1) is 15.2. The van der Waals surface area contributed by atoms with Crippen LogP contribution in [0.2, 0.25) is 0 Å². The van der Waals surface area contributed by atoms with Gasteiger partial charge in [0.25, 0.3) is 0 Å². The molecule has 3 nitrogen and oxygen atoms in total. The minimum atomic E-state index is 0.327. The van der Waals surface area contributed by atoms with Crippen LogP contribution >= 0.6 is 12.2 Å². The fourth-order valence-corrected chi connectivity index (χ4v) is 3.91. The molecule has 1 aliphatic carbocycles. The zero-order valence-corrected chi connectivity index (χ0v) is 13.1. The third kappa shape index (κ3) is 4.14. The molecular weight excluding hydrogens is 254 g/mol. The quantitative estimate of drug-likeness (QED) is 0.785. The van der Waals surface area contributed by atoms with E-state index in [-0.39, 0.29) is 0 Å². The van der Waals surface area contributed by atoms with Crippen LogP contribution in [-0.4, -0.2) is 53.1 Å². The first-order valence-electron chi connectivity index (χ1n) is 7.99. The van der Waals surface area contributed by atoms with Crippen molar-refractivity contribution in [3.05, 3.63) is 0 Å². The van der Waals surface area contributed by atoms with Gasteiger partial charge in [0.1, 0.15) is 0 Å². The molecule has 0 radical (unpaired) electrons. The maximum Gasteiger partial charge on any atom is 0.0902 e. The van der Waals surface area contributed by atoms with E-state index in [9.17, 15) is 0 Å². The van der Waals surface area contributed by atoms with Crippen LogP contribution in [0.3, 0.4) is 0 Å². The molecule has 0 bridgehead atoms. The van der Waals surface area contributed by atoms with Crippen LogP contribution in [0, 0.1) is 0 Å². The van der Waals surface area contributed by atoms with Gasteiger partial charge in [-0.15, -0.1) is 0 Å². The second kappa shape index (κ2) is 7.55. The van der Waals surface area contributed by atoms with Gasteiger partial charge in [0.2, 0.25) is 0 Å². The molecule has 19 heavy (non-hydrogen) atoms. The van der Waals surface area contributed by atoms with E-state index in [2.05, 4.69) is 16.7 Å². The standard InChI is InChI=1S/C15H29N3S/c1-2-6-14(15(16)19)18-11-9-17(10-12-18)13-7-4-3-5-8-13/h13-14H,2-12H2,1H3,(H2,16,19). The van der Waals surface area contributed by atoms with Gasteiger partial charge in [0.05, 0.1) is 11.0 Å². The Morgan fingerprint density at radius 2 is 1.79 bits per heavy atom. The van der Waals surface area contributed by atoms with Crippen LogP contribution in [0.5, 0.6) is 0 Å². The summed E-state index contributed by atoms with van der Waals surface area (Å²) in [5, 5.41) is 0. The van der Waals surface area contributed by atoms with E-state index in [4.69, 9.17) is 18.0 Å². The third-order valence-electron chi connectivity index (χ3n) is 4.77. The van der Waals surface area contributed by atoms with Gasteiger partial charge in [-0.3, -0.25) is 9.80 Å². The molecule has 0 spiro atoms. The van der Waals surface area contributed by atoms with Gasteiger partial charge in [0, 0.05) is 32.2 Å². The van der Waals surface area contributed by atoms with Gasteiger partial charge >= 0.3 is 0 Å². The maximum absolute atomic E-state index is 5.91. The molecule has 0 aromatic carbocycles. The summed E-state index contributed by atoms with van der Waals surface area (Å²) in [7, 11) is 0. The predicted molar refractivity (Wildman–Crippen MR) is 85.5 cm³/mol. The smallest absolute Gasteiger partial charge is 0.0902 e. The molecule has 0 amide bonds. The molecule has 2 aliphatic rings. The fraction of sp³-hybridized carbons (Fsp3) is 0.933. The van der Waals surface area contributed by atoms with Crippen molar-refractivity contribution in [1.82, 2.24) is 9.80 Å². The minimum absolute atomic E-state index is 0.327. The summed E-state index contributed by atoms with van der Waals surface area (Å²) in [6, 6.07) is 1.18. The first-order chi connectivity index (χ1) is 9.22. The largest absolute Gasteiger partial charge is 0.392 e. The van der Waals surface area contributed by atoms with Crippen molar-refractivity contribution < 1.29 is 0 Å². The number of rotatable bonds is 5. The van der Waals surface area contributed by atoms with Crippen LogP contribution in [-0.2, 0) is 0 Å². The normalized spacial score (nSPS) is 25.3. The van der Waals surface area contributed by atoms with E-state index in [1.54, 1.807) is 0 Å². The zero-order valence-electron chi connectivity index (χ0n) is 12.3. The van der Waals surface area contributed by atoms with Crippen molar-refractivity contribution in [2.75, 3.05) is 26.2 Å². The molecular formula is C15H29N3S. The van der Waals surface area contributed by atoms with E-state index >= 15 is 0 Å². The van der Waals surface area contributed by atoms with Crippen molar-refractivity contribution in [2.45, 2.75) is 64.0 Å². The Kier molecular flexibility index (Phi) is 6.05. The van der Waals surface area contributed by atoms with E-state index in [1.807, 2.05) is 0 Å². The van der Waals surface area contributed by atoms with Gasteiger partial charge < -0.3 is 5.73 Å². The highest BCUT2D eigenvalue weighted by molar-refractivity contribution is 7.80. The summed E-state index contributed by atoms with van der Waals surface area (Å²) >= 11 is 5.24. The van der Waals surface area contributed by atoms with E-state index < -0.39 is 0 Å². The topological polar surface area (TPSA) is 32.5 Å². The van der Waals surface area contributed by atoms with Crippen molar-refractivity contribution in [1.29, 1.82) is 0 Å². The summed E-state index contributed by atoms with van der Waals surface area (Å²) in [4.78, 5) is 5.90. The second-order valence-corrected chi connectivity index (χ2v) is 6.54. The molecule has 2 fully saturated rings. The van der Waals surface area contributed by atoms with Crippen LogP contribution < -0.4 is 5.73 Å². The van der Waals surface area contributed by atoms with Crippen molar-refractivity contribution >= 4 is 17.2 Å². The Morgan fingerprint density at radius 3 is 2.32 bits per heavy atom. The van der Waals surface area contributed by atoms with Crippen LogP contribution in [0.4, 0.5) is 0 Å². The first-order valence-corrected chi connectivity index (χ1v) is 8.40. The molecule has 2 rings (SSSR count). The summed E-state index contributed by atoms with van der Waals surface area (Å²) in [5.41, 5.74) is 5.91. The molecule has 1 saturated heterocycles. The fourth-order valence-electron chi connectivity index (χ4n) is 3.64. The van der Waals surface area contributed by atoms with Gasteiger partial charge in [-0.05, 0) is 19.3 Å². The predicted octanol–water partition coefficient (Wildman–Crippen LogP) is 2.39. The Balaban J connectivity index is 1.82. The van der Waals surface area contributed by atoms with E-state index in [1.165, 1.54) is 45.2 Å². The Morgan fingerprint density at radius 1 is 1.16 bits per heavy atom. The number of thiocarbonyl (C=S) groups is 1. The summed E-state index contributed by atoms with van der Waals surface area (Å²) < 4.78 is 0. The molecule has 0 aromatic heterocycles. The van der Waals surface area contributed by atoms with Crippen molar-refractivity contribution in [2.24, 2.45) is 5.73 Å². The highest BCUT2D eigenvalue weighted by Gasteiger charge is 2.28. The molecule has 1 aliphatic heterocycles. The molecule has 4 heteroatoms. The number of hydrogen-bond acceptors (Lipinski definition) is 3. The van der Waals surface area contributed by atoms with Crippen molar-refractivity contribution in [3.63, 3.8) is 0 Å². The lowest BCUT2D eigenvalue weighted by Gasteiger charge is -2.43. The van der Waals surface area contributed by atoms with E-state index in [0.717, 1.165) is 32.0 Å². The highest BCUT2D eigenvalue weighted by Crippen LogP contribution is 2.24. The molecule has 0 aromatic rings. The van der Waals surface area contributed by atoms with Crippen molar-refractivity contribution in [3.8, 4) is 0 Å². The number of hydrogen-bond donors (Lipinski definition) is 1. The number of nitrogens with zero attached hydrogens (tertiary/aromatic N) is 2. The molecule has 1 atom stereocenters. The SMILES string of the molecule is CCCC(C(N)=S)N1CCN(C2CCCCC2)CC1. The summed E-state index contributed by atoms with van der Waals surface area (Å²) in [6.45, 7) is 6.89. The van der Waals surface area contributed by atoms with Crippen LogP contribution in [0.15, 0.2) is 0 Å². The molecule has 1 unspecified atom stereocenters. The molecule has 110 valence electrons. The number of nitrogens with two attached hydrogens (primary N) is 1. The third-order valence-corrected chi connectivity index (χ3v) is 5.04. The Bertz CT molecular complexity index is 281. The van der Waals surface area contributed by atoms with Gasteiger partial charge in [-0.1, -0.05) is 44.8 Å². The Labute approximate surface area is 123 Å². The molecule has 2 N–H and O–H groups in total. The van der Waals surface area contributed by atoms with E-state index in [0.29, 0.717) is 11.0 Å². The summed E-state index contributed by atoms with van der Waals surface area (Å²) in [6.07, 6.45) is 9.38. The second-order valence-electron chi connectivity index (χ2n) is 6.07. The number of piperazine rings is 1. The minimum Gasteiger partial charge on any atom is -0.392 e. The zero-order chi connectivity index (χ0) is 13.7. The average Bonchev–Trinajstić information content (AvgIpc) is 2.46. The lowest BCUT2D eigenvalue weighted by Crippen LogP contribution is -2.55. The average molecular weight is 283 g/mol. The van der Waals surface area contributed by atoms with Crippen LogP contribution in [0.25, 0.3) is 0 Å². The van der Waals surface area contributed by atoms with Gasteiger partial charge in [-0.2, -0.15) is 0 Å². The lowest BCUT2D eigenvalue weighted by molar-refractivity contribution is 0.0684. The Hall–Kier alpha value is -0.190. The highest BCUT2D eigenvalue weighted by atomic mass is 32.1. The molecule has 1 saturated carbocycles.